The topological polar surface area (TPSA) is 64.8 Å². The van der Waals surface area contributed by atoms with Gasteiger partial charge >= 0.3 is 0 Å². The second-order valence-corrected chi connectivity index (χ2v) is 5.48. The fraction of sp³-hybridized carbons (Fsp3) is 0.562. The molecule has 1 fully saturated rings. The maximum Gasteiger partial charge on any atom is 0.226 e. The van der Waals surface area contributed by atoms with Gasteiger partial charge in [-0.2, -0.15) is 0 Å². The number of hydrogen-bond acceptors (Lipinski definition) is 4. The van der Waals surface area contributed by atoms with Crippen LogP contribution in [-0.4, -0.2) is 43.7 Å². The molecule has 2 N–H and O–H groups in total. The van der Waals surface area contributed by atoms with E-state index in [1.165, 1.54) is 0 Å². The molecule has 0 radical (unpaired) electrons. The van der Waals surface area contributed by atoms with Gasteiger partial charge in [0.05, 0.1) is 20.1 Å². The van der Waals surface area contributed by atoms with Gasteiger partial charge in [-0.1, -0.05) is 12.1 Å². The third-order valence-electron chi connectivity index (χ3n) is 3.96. The van der Waals surface area contributed by atoms with E-state index in [0.29, 0.717) is 37.0 Å². The molecule has 2 atom stereocenters. The third-order valence-corrected chi connectivity index (χ3v) is 3.96. The van der Waals surface area contributed by atoms with Crippen molar-refractivity contribution in [2.45, 2.75) is 25.8 Å². The number of nitrogens with zero attached hydrogens (tertiary/aromatic N) is 1. The van der Waals surface area contributed by atoms with Crippen LogP contribution in [0.2, 0.25) is 0 Å². The molecular formula is C16H25ClN2O3. The molecule has 0 spiro atoms. The van der Waals surface area contributed by atoms with Crippen LogP contribution < -0.4 is 15.2 Å². The fourth-order valence-corrected chi connectivity index (χ4v) is 2.79. The second kappa shape index (κ2) is 8.86. The smallest absolute Gasteiger partial charge is 0.226 e. The molecule has 0 aromatic heterocycles. The average Bonchev–Trinajstić information content (AvgIpc) is 2.89. The number of amides is 1. The summed E-state index contributed by atoms with van der Waals surface area (Å²) in [7, 11) is 1.60. The van der Waals surface area contributed by atoms with Gasteiger partial charge in [0.15, 0.2) is 11.5 Å². The Morgan fingerprint density at radius 2 is 2.05 bits per heavy atom. The van der Waals surface area contributed by atoms with Gasteiger partial charge < -0.3 is 20.1 Å². The molecular weight excluding hydrogens is 304 g/mol. The number of halogens is 1. The van der Waals surface area contributed by atoms with Crippen LogP contribution in [0.4, 0.5) is 0 Å². The molecule has 2 unspecified atom stereocenters. The molecule has 1 saturated heterocycles. The van der Waals surface area contributed by atoms with Gasteiger partial charge in [-0.3, -0.25) is 4.79 Å². The predicted octanol–water partition coefficient (Wildman–Crippen LogP) is 2.08. The maximum absolute atomic E-state index is 12.2. The predicted molar refractivity (Wildman–Crippen MR) is 88.7 cm³/mol. The summed E-state index contributed by atoms with van der Waals surface area (Å²) in [5, 5.41) is 0. The summed E-state index contributed by atoms with van der Waals surface area (Å²) in [5.41, 5.74) is 5.69. The molecule has 6 heteroatoms. The van der Waals surface area contributed by atoms with E-state index >= 15 is 0 Å². The van der Waals surface area contributed by atoms with Crippen LogP contribution in [0.15, 0.2) is 24.3 Å². The minimum absolute atomic E-state index is 0. The third kappa shape index (κ3) is 4.52. The summed E-state index contributed by atoms with van der Waals surface area (Å²) in [4.78, 5) is 14.2. The zero-order chi connectivity index (χ0) is 15.2. The molecule has 0 aliphatic carbocycles. The van der Waals surface area contributed by atoms with Crippen molar-refractivity contribution in [1.82, 2.24) is 4.90 Å². The van der Waals surface area contributed by atoms with Gasteiger partial charge in [-0.25, -0.2) is 0 Å². The Balaban J connectivity index is 0.00000242. The van der Waals surface area contributed by atoms with Crippen molar-refractivity contribution in [3.63, 3.8) is 0 Å². The lowest BCUT2D eigenvalue weighted by Crippen LogP contribution is -2.35. The molecule has 0 bridgehead atoms. The molecule has 1 aliphatic heterocycles. The summed E-state index contributed by atoms with van der Waals surface area (Å²) in [6, 6.07) is 7.72. The Bertz CT molecular complexity index is 484. The minimum atomic E-state index is 0. The first-order chi connectivity index (χ1) is 10.2. The first kappa shape index (κ1) is 18.6. The molecule has 1 aromatic carbocycles. The highest BCUT2D eigenvalue weighted by molar-refractivity contribution is 5.85. The summed E-state index contributed by atoms with van der Waals surface area (Å²) in [6.07, 6.45) is 1.37. The quantitative estimate of drug-likeness (QED) is 0.868. The Labute approximate surface area is 138 Å². The van der Waals surface area contributed by atoms with Crippen molar-refractivity contribution in [2.75, 3.05) is 26.8 Å². The van der Waals surface area contributed by atoms with Gasteiger partial charge in [-0.15, -0.1) is 12.4 Å². The Hall–Kier alpha value is -1.46. The zero-order valence-corrected chi connectivity index (χ0v) is 14.0. The van der Waals surface area contributed by atoms with Crippen LogP contribution in [0.1, 0.15) is 19.8 Å². The molecule has 5 nitrogen and oxygen atoms in total. The molecule has 0 saturated carbocycles. The molecule has 1 aromatic rings. The van der Waals surface area contributed by atoms with E-state index < -0.39 is 0 Å². The number of carbonyl (C=O) groups excluding carboxylic acids is 1. The summed E-state index contributed by atoms with van der Waals surface area (Å²) in [5.74, 6) is 1.91. The molecule has 1 amide bonds. The highest BCUT2D eigenvalue weighted by atomic mass is 35.5. The highest BCUT2D eigenvalue weighted by Gasteiger charge is 2.31. The van der Waals surface area contributed by atoms with Crippen molar-refractivity contribution in [3.05, 3.63) is 24.3 Å². The summed E-state index contributed by atoms with van der Waals surface area (Å²) in [6.45, 7) is 3.85. The fourth-order valence-electron chi connectivity index (χ4n) is 2.79. The van der Waals surface area contributed by atoms with Crippen LogP contribution in [0.3, 0.4) is 0 Å². The number of hydrogen-bond donors (Lipinski definition) is 1. The number of rotatable bonds is 6. The SMILES string of the molecule is COc1ccccc1OCCC(=O)N1CC(CN)CC1C.Cl. The number of ether oxygens (including phenoxy) is 2. The number of carbonyl (C=O) groups is 1. The first-order valence-corrected chi connectivity index (χ1v) is 7.41. The van der Waals surface area contributed by atoms with E-state index in [4.69, 9.17) is 15.2 Å². The van der Waals surface area contributed by atoms with E-state index in [-0.39, 0.29) is 24.4 Å². The van der Waals surface area contributed by atoms with E-state index in [0.717, 1.165) is 13.0 Å². The van der Waals surface area contributed by atoms with Crippen LogP contribution >= 0.6 is 12.4 Å². The highest BCUT2D eigenvalue weighted by Crippen LogP contribution is 2.26. The number of para-hydroxylation sites is 2. The van der Waals surface area contributed by atoms with Crippen LogP contribution in [0, 0.1) is 5.92 Å². The van der Waals surface area contributed by atoms with Gasteiger partial charge in [-0.05, 0) is 37.9 Å². The van der Waals surface area contributed by atoms with Gasteiger partial charge in [0.2, 0.25) is 5.91 Å². The lowest BCUT2D eigenvalue weighted by molar-refractivity contribution is -0.132. The van der Waals surface area contributed by atoms with E-state index in [1.807, 2.05) is 29.2 Å². The number of methoxy groups -OCH3 is 1. The Morgan fingerprint density at radius 1 is 1.36 bits per heavy atom. The van der Waals surface area contributed by atoms with E-state index in [2.05, 4.69) is 6.92 Å². The number of nitrogens with two attached hydrogens (primary N) is 1. The van der Waals surface area contributed by atoms with Crippen molar-refractivity contribution in [2.24, 2.45) is 11.7 Å². The maximum atomic E-state index is 12.2. The summed E-state index contributed by atoms with van der Waals surface area (Å²) < 4.78 is 10.9. The summed E-state index contributed by atoms with van der Waals surface area (Å²) >= 11 is 0. The molecule has 22 heavy (non-hydrogen) atoms. The van der Waals surface area contributed by atoms with E-state index in [1.54, 1.807) is 7.11 Å². The largest absolute Gasteiger partial charge is 0.493 e. The van der Waals surface area contributed by atoms with Crippen LogP contribution in [0.5, 0.6) is 11.5 Å². The minimum Gasteiger partial charge on any atom is -0.493 e. The van der Waals surface area contributed by atoms with Gasteiger partial charge in [0.25, 0.3) is 0 Å². The first-order valence-electron chi connectivity index (χ1n) is 7.41. The van der Waals surface area contributed by atoms with Crippen LogP contribution in [-0.2, 0) is 4.79 Å². The number of likely N-dealkylation sites (tertiary alicyclic amines) is 1. The van der Waals surface area contributed by atoms with Crippen molar-refractivity contribution in [3.8, 4) is 11.5 Å². The monoisotopic (exact) mass is 328 g/mol. The van der Waals surface area contributed by atoms with Gasteiger partial charge in [0, 0.05) is 12.6 Å². The lowest BCUT2D eigenvalue weighted by atomic mass is 10.1. The molecule has 124 valence electrons. The van der Waals surface area contributed by atoms with Gasteiger partial charge in [0.1, 0.15) is 0 Å². The second-order valence-electron chi connectivity index (χ2n) is 5.48. The van der Waals surface area contributed by atoms with Crippen molar-refractivity contribution >= 4 is 18.3 Å². The molecule has 2 rings (SSSR count). The standard InChI is InChI=1S/C16H24N2O3.ClH/c1-12-9-13(10-17)11-18(12)16(19)7-8-21-15-6-4-3-5-14(15)20-2;/h3-6,12-13H,7-11,17H2,1-2H3;1H. The molecule has 1 heterocycles. The van der Waals surface area contributed by atoms with Crippen LogP contribution in [0.25, 0.3) is 0 Å². The van der Waals surface area contributed by atoms with Crippen molar-refractivity contribution in [1.29, 1.82) is 0 Å². The number of benzene rings is 1. The Kier molecular flexibility index (Phi) is 7.48. The van der Waals surface area contributed by atoms with Crippen molar-refractivity contribution < 1.29 is 14.3 Å². The lowest BCUT2D eigenvalue weighted by Gasteiger charge is -2.21. The van der Waals surface area contributed by atoms with E-state index in [9.17, 15) is 4.79 Å². The average molecular weight is 329 g/mol. The zero-order valence-electron chi connectivity index (χ0n) is 13.2. The normalized spacial score (nSPS) is 20.4. The molecule has 1 aliphatic rings. The Morgan fingerprint density at radius 3 is 2.64 bits per heavy atom.